The van der Waals surface area contributed by atoms with E-state index in [1.807, 2.05) is 19.1 Å². The standard InChI is InChI=1S/C26H31F2N5O2/c1-3-35-17-21-15-20(16-33(21)13-5-4-11-27)26(24(34)32(2)25(29)31-26)19-9-6-8-18(14-19)22-10-7-12-30-23(22)28/h6-10,12,14-15,20H,3-5,11,13,16-17H2,1-2H3,(H2,29,31)/t20?,26-/m0/s1. The number of alkyl halides is 1. The summed E-state index contributed by atoms with van der Waals surface area (Å²) in [6, 6.07) is 10.5. The summed E-state index contributed by atoms with van der Waals surface area (Å²) in [6.07, 6.45) is 4.58. The number of carbonyl (C=O) groups excluding carboxylic acids is 1. The lowest BCUT2D eigenvalue weighted by Gasteiger charge is -2.32. The van der Waals surface area contributed by atoms with Crippen LogP contribution in [0.2, 0.25) is 0 Å². The Kier molecular flexibility index (Phi) is 7.45. The van der Waals surface area contributed by atoms with Crippen LogP contribution in [0.15, 0.2) is 59.4 Å². The van der Waals surface area contributed by atoms with E-state index in [2.05, 4.69) is 9.88 Å². The molecule has 2 aliphatic rings. The van der Waals surface area contributed by atoms with E-state index in [0.717, 1.165) is 5.70 Å². The highest BCUT2D eigenvalue weighted by Crippen LogP contribution is 2.44. The number of halogens is 2. The van der Waals surface area contributed by atoms with E-state index in [-0.39, 0.29) is 24.5 Å². The Morgan fingerprint density at radius 3 is 2.77 bits per heavy atom. The molecule has 0 radical (unpaired) electrons. The highest BCUT2D eigenvalue weighted by atomic mass is 19.1. The van der Waals surface area contributed by atoms with Gasteiger partial charge in [0.15, 0.2) is 11.5 Å². The average molecular weight is 484 g/mol. The third-order valence-corrected chi connectivity index (χ3v) is 6.66. The van der Waals surface area contributed by atoms with Crippen LogP contribution in [0.1, 0.15) is 25.3 Å². The van der Waals surface area contributed by atoms with Crippen LogP contribution in [0.5, 0.6) is 0 Å². The molecule has 2 N–H and O–H groups in total. The number of carbonyl (C=O) groups is 1. The van der Waals surface area contributed by atoms with E-state index >= 15 is 0 Å². The number of nitrogens with zero attached hydrogens (tertiary/aromatic N) is 4. The average Bonchev–Trinajstić information content (AvgIpc) is 3.38. The van der Waals surface area contributed by atoms with Crippen LogP contribution in [-0.2, 0) is 15.1 Å². The van der Waals surface area contributed by atoms with Gasteiger partial charge in [0.1, 0.15) is 0 Å². The first-order valence-corrected chi connectivity index (χ1v) is 11.9. The number of pyridine rings is 1. The topological polar surface area (TPSA) is 84.0 Å². The van der Waals surface area contributed by atoms with E-state index < -0.39 is 11.5 Å². The van der Waals surface area contributed by atoms with Crippen molar-refractivity contribution in [1.29, 1.82) is 0 Å². The zero-order valence-electron chi connectivity index (χ0n) is 20.1. The lowest BCUT2D eigenvalue weighted by molar-refractivity contribution is -0.132. The number of nitrogens with two attached hydrogens (primary N) is 1. The molecule has 7 nitrogen and oxygen atoms in total. The van der Waals surface area contributed by atoms with E-state index in [9.17, 15) is 13.6 Å². The Morgan fingerprint density at radius 2 is 2.09 bits per heavy atom. The molecule has 3 heterocycles. The maximum atomic E-state index is 14.5. The molecule has 186 valence electrons. The molecular weight excluding hydrogens is 452 g/mol. The first kappa shape index (κ1) is 24.8. The molecule has 1 unspecified atom stereocenters. The van der Waals surface area contributed by atoms with Crippen LogP contribution in [0.4, 0.5) is 8.78 Å². The number of hydrogen-bond donors (Lipinski definition) is 1. The minimum Gasteiger partial charge on any atom is -0.376 e. The van der Waals surface area contributed by atoms with E-state index in [0.29, 0.717) is 55.8 Å². The van der Waals surface area contributed by atoms with Crippen molar-refractivity contribution in [2.75, 3.05) is 40.0 Å². The van der Waals surface area contributed by atoms with Gasteiger partial charge in [-0.1, -0.05) is 24.3 Å². The van der Waals surface area contributed by atoms with Gasteiger partial charge in [-0.15, -0.1) is 0 Å². The molecule has 0 saturated heterocycles. The molecule has 2 aromatic rings. The van der Waals surface area contributed by atoms with Crippen molar-refractivity contribution in [3.05, 3.63) is 65.9 Å². The molecule has 9 heteroatoms. The molecule has 4 rings (SSSR count). The van der Waals surface area contributed by atoms with Crippen molar-refractivity contribution in [2.24, 2.45) is 16.6 Å². The summed E-state index contributed by atoms with van der Waals surface area (Å²) >= 11 is 0. The van der Waals surface area contributed by atoms with Gasteiger partial charge < -0.3 is 15.4 Å². The summed E-state index contributed by atoms with van der Waals surface area (Å²) in [5, 5.41) is 0. The zero-order chi connectivity index (χ0) is 25.0. The Balaban J connectivity index is 1.78. The van der Waals surface area contributed by atoms with Gasteiger partial charge in [0.2, 0.25) is 5.95 Å². The first-order valence-electron chi connectivity index (χ1n) is 11.9. The minimum absolute atomic E-state index is 0.128. The lowest BCUT2D eigenvalue weighted by Crippen LogP contribution is -2.46. The van der Waals surface area contributed by atoms with Crippen LogP contribution in [0.25, 0.3) is 11.1 Å². The Hall–Kier alpha value is -3.33. The number of aromatic nitrogens is 1. The van der Waals surface area contributed by atoms with Gasteiger partial charge in [-0.3, -0.25) is 14.1 Å². The summed E-state index contributed by atoms with van der Waals surface area (Å²) in [7, 11) is 1.60. The summed E-state index contributed by atoms with van der Waals surface area (Å²) in [6.45, 7) is 3.66. The van der Waals surface area contributed by atoms with Gasteiger partial charge in [0, 0.05) is 50.1 Å². The second-order valence-corrected chi connectivity index (χ2v) is 8.77. The largest absolute Gasteiger partial charge is 0.376 e. The number of benzene rings is 1. The Labute approximate surface area is 204 Å². The van der Waals surface area contributed by atoms with Gasteiger partial charge in [-0.25, -0.2) is 9.98 Å². The quantitative estimate of drug-likeness (QED) is 0.413. The predicted octanol–water partition coefficient (Wildman–Crippen LogP) is 3.47. The van der Waals surface area contributed by atoms with Crippen LogP contribution >= 0.6 is 0 Å². The van der Waals surface area contributed by atoms with Crippen LogP contribution in [-0.4, -0.2) is 66.7 Å². The van der Waals surface area contributed by atoms with Crippen molar-refractivity contribution in [1.82, 2.24) is 14.8 Å². The number of unbranched alkanes of at least 4 members (excludes halogenated alkanes) is 1. The van der Waals surface area contributed by atoms with E-state index in [4.69, 9.17) is 15.5 Å². The molecule has 0 aliphatic carbocycles. The lowest BCUT2D eigenvalue weighted by atomic mass is 9.77. The van der Waals surface area contributed by atoms with E-state index in [1.165, 1.54) is 11.1 Å². The molecule has 2 atom stereocenters. The second-order valence-electron chi connectivity index (χ2n) is 8.77. The Bertz CT molecular complexity index is 1140. The van der Waals surface area contributed by atoms with Gasteiger partial charge in [-0.05, 0) is 49.1 Å². The molecule has 1 aromatic carbocycles. The molecule has 0 fully saturated rings. The molecule has 0 spiro atoms. The van der Waals surface area contributed by atoms with Crippen molar-refractivity contribution in [3.8, 4) is 11.1 Å². The van der Waals surface area contributed by atoms with Gasteiger partial charge >= 0.3 is 0 Å². The third kappa shape index (κ3) is 4.65. The number of aliphatic imine (C=N–C) groups is 1. The molecule has 0 saturated carbocycles. The summed E-state index contributed by atoms with van der Waals surface area (Å²) < 4.78 is 32.9. The predicted molar refractivity (Wildman–Crippen MR) is 131 cm³/mol. The second kappa shape index (κ2) is 10.5. The summed E-state index contributed by atoms with van der Waals surface area (Å²) in [5.74, 6) is -1.05. The van der Waals surface area contributed by atoms with Gasteiger partial charge in [-0.2, -0.15) is 4.39 Å². The number of amides is 1. The van der Waals surface area contributed by atoms with E-state index in [1.54, 1.807) is 37.4 Å². The minimum atomic E-state index is -1.31. The van der Waals surface area contributed by atoms with Crippen molar-refractivity contribution >= 4 is 11.9 Å². The number of hydrogen-bond acceptors (Lipinski definition) is 6. The number of rotatable bonds is 10. The van der Waals surface area contributed by atoms with Crippen molar-refractivity contribution < 1.29 is 18.3 Å². The maximum absolute atomic E-state index is 14.5. The van der Waals surface area contributed by atoms with Gasteiger partial charge in [0.25, 0.3) is 5.91 Å². The molecule has 0 bridgehead atoms. The SMILES string of the molecule is CCOCC1=CC([C@]2(c3cccc(-c4cccnc4F)c3)N=C(N)N(C)C2=O)CN1CCCCF. The molecular formula is C26H31F2N5O2. The number of likely N-dealkylation sites (N-methyl/N-ethyl adjacent to an activating group) is 1. The molecule has 35 heavy (non-hydrogen) atoms. The fraction of sp³-hybridized carbons (Fsp3) is 0.423. The zero-order valence-corrected chi connectivity index (χ0v) is 20.1. The van der Waals surface area contributed by atoms with Crippen molar-refractivity contribution in [3.63, 3.8) is 0 Å². The third-order valence-electron chi connectivity index (χ3n) is 6.66. The Morgan fingerprint density at radius 1 is 1.26 bits per heavy atom. The number of guanidine groups is 1. The highest BCUT2D eigenvalue weighted by Gasteiger charge is 2.54. The maximum Gasteiger partial charge on any atom is 0.262 e. The smallest absolute Gasteiger partial charge is 0.262 e. The molecule has 2 aliphatic heterocycles. The summed E-state index contributed by atoms with van der Waals surface area (Å²) in [5.41, 5.74) is 7.35. The normalized spacial score (nSPS) is 22.1. The first-order chi connectivity index (χ1) is 16.9. The van der Waals surface area contributed by atoms with Crippen LogP contribution in [0.3, 0.4) is 0 Å². The molecule has 1 amide bonds. The number of ether oxygens (including phenoxy) is 1. The molecule has 1 aromatic heterocycles. The van der Waals surface area contributed by atoms with Crippen LogP contribution < -0.4 is 5.73 Å². The van der Waals surface area contributed by atoms with Crippen molar-refractivity contribution in [2.45, 2.75) is 25.3 Å². The highest BCUT2D eigenvalue weighted by molar-refractivity contribution is 6.07. The monoisotopic (exact) mass is 483 g/mol. The fourth-order valence-electron chi connectivity index (χ4n) is 4.81. The van der Waals surface area contributed by atoms with Gasteiger partial charge in [0.05, 0.1) is 13.3 Å². The fourth-order valence-corrected chi connectivity index (χ4v) is 4.81. The summed E-state index contributed by atoms with van der Waals surface area (Å²) in [4.78, 5) is 25.7. The van der Waals surface area contributed by atoms with Crippen LogP contribution in [0, 0.1) is 11.9 Å².